The van der Waals surface area contributed by atoms with Crippen molar-refractivity contribution in [3.63, 3.8) is 0 Å². The number of rotatable bonds is 4. The highest BCUT2D eigenvalue weighted by Gasteiger charge is 2.17. The number of hydrogen-bond acceptors (Lipinski definition) is 3. The molecular formula is C16H18FN3O. The van der Waals surface area contributed by atoms with Gasteiger partial charge in [-0.3, -0.25) is 4.68 Å². The quantitative estimate of drug-likeness (QED) is 0.939. The minimum atomic E-state index is -0.929. The topological polar surface area (TPSA) is 39.1 Å². The highest BCUT2D eigenvalue weighted by atomic mass is 19.1. The molecule has 1 aliphatic carbocycles. The van der Waals surface area contributed by atoms with Crippen LogP contribution in [0.1, 0.15) is 6.42 Å². The van der Waals surface area contributed by atoms with E-state index < -0.39 is 6.17 Å². The molecule has 1 unspecified atom stereocenters. The van der Waals surface area contributed by atoms with Crippen LogP contribution in [-0.4, -0.2) is 29.5 Å². The van der Waals surface area contributed by atoms with E-state index in [0.717, 1.165) is 28.0 Å². The molecule has 1 aromatic carbocycles. The third kappa shape index (κ3) is 2.83. The summed E-state index contributed by atoms with van der Waals surface area (Å²) in [4.78, 5) is 0. The maximum Gasteiger partial charge on any atom is 0.128 e. The van der Waals surface area contributed by atoms with Crippen molar-refractivity contribution in [3.05, 3.63) is 47.9 Å². The molecule has 1 heterocycles. The Hall–Kier alpha value is -2.14. The summed E-state index contributed by atoms with van der Waals surface area (Å²) in [5, 5.41) is 8.29. The molecule has 1 aromatic heterocycles. The SMILES string of the molecule is CNCC1=C(Oc2ccc3c(cnn3C)c2)C=CC(F)C1. The first-order valence-electron chi connectivity index (χ1n) is 6.96. The standard InChI is InChI=1S/C16H18FN3O/c1-18-9-12-7-13(17)3-6-16(12)21-14-4-5-15-11(8-14)10-19-20(15)2/h3-6,8,10,13,18H,7,9H2,1-2H3. The number of alkyl halides is 1. The second-order valence-electron chi connectivity index (χ2n) is 5.17. The maximum atomic E-state index is 13.5. The molecular weight excluding hydrogens is 269 g/mol. The number of aryl methyl sites for hydroxylation is 1. The predicted molar refractivity (Wildman–Crippen MR) is 80.9 cm³/mol. The van der Waals surface area contributed by atoms with E-state index in [1.165, 1.54) is 6.08 Å². The van der Waals surface area contributed by atoms with Crippen LogP contribution in [0.25, 0.3) is 10.9 Å². The summed E-state index contributed by atoms with van der Waals surface area (Å²) >= 11 is 0. The monoisotopic (exact) mass is 287 g/mol. The first kappa shape index (κ1) is 13.8. The van der Waals surface area contributed by atoms with Gasteiger partial charge in [0.2, 0.25) is 0 Å². The van der Waals surface area contributed by atoms with E-state index in [4.69, 9.17) is 4.74 Å². The largest absolute Gasteiger partial charge is 0.457 e. The maximum absolute atomic E-state index is 13.5. The molecule has 1 atom stereocenters. The Morgan fingerprint density at radius 2 is 2.33 bits per heavy atom. The zero-order valence-corrected chi connectivity index (χ0v) is 12.1. The lowest BCUT2D eigenvalue weighted by molar-refractivity contribution is 0.367. The first-order chi connectivity index (χ1) is 10.2. The van der Waals surface area contributed by atoms with Gasteiger partial charge < -0.3 is 10.1 Å². The number of nitrogens with zero attached hydrogens (tertiary/aromatic N) is 2. The molecule has 1 N–H and O–H groups in total. The van der Waals surface area contributed by atoms with Gasteiger partial charge in [0.05, 0.1) is 11.7 Å². The molecule has 4 nitrogen and oxygen atoms in total. The van der Waals surface area contributed by atoms with E-state index >= 15 is 0 Å². The first-order valence-corrected chi connectivity index (χ1v) is 6.96. The fourth-order valence-electron chi connectivity index (χ4n) is 2.52. The van der Waals surface area contributed by atoms with Crippen molar-refractivity contribution in [1.82, 2.24) is 15.1 Å². The van der Waals surface area contributed by atoms with Crippen molar-refractivity contribution < 1.29 is 9.13 Å². The van der Waals surface area contributed by atoms with Gasteiger partial charge in [0.25, 0.3) is 0 Å². The Bertz CT molecular complexity index is 717. The van der Waals surface area contributed by atoms with Crippen LogP contribution in [0.3, 0.4) is 0 Å². The lowest BCUT2D eigenvalue weighted by atomic mass is 10.0. The van der Waals surface area contributed by atoms with Crippen LogP contribution in [0.4, 0.5) is 4.39 Å². The summed E-state index contributed by atoms with van der Waals surface area (Å²) in [6.45, 7) is 0.620. The fourth-order valence-corrected chi connectivity index (χ4v) is 2.52. The van der Waals surface area contributed by atoms with Crippen molar-refractivity contribution in [2.45, 2.75) is 12.6 Å². The summed E-state index contributed by atoms with van der Waals surface area (Å²) in [5.41, 5.74) is 1.99. The number of hydrogen-bond donors (Lipinski definition) is 1. The third-order valence-corrected chi connectivity index (χ3v) is 3.58. The van der Waals surface area contributed by atoms with E-state index in [-0.39, 0.29) is 0 Å². The van der Waals surface area contributed by atoms with E-state index in [1.54, 1.807) is 12.3 Å². The number of likely N-dealkylation sites (N-methyl/N-ethyl adjacent to an activating group) is 1. The van der Waals surface area contributed by atoms with Gasteiger partial charge in [-0.15, -0.1) is 0 Å². The van der Waals surface area contributed by atoms with Crippen molar-refractivity contribution >= 4 is 10.9 Å². The number of aromatic nitrogens is 2. The van der Waals surface area contributed by atoms with Gasteiger partial charge in [0.1, 0.15) is 17.7 Å². The summed E-state index contributed by atoms with van der Waals surface area (Å²) in [6, 6.07) is 5.82. The number of ether oxygens (including phenoxy) is 1. The summed E-state index contributed by atoms with van der Waals surface area (Å²) in [6.07, 6.45) is 4.51. The lowest BCUT2D eigenvalue weighted by Gasteiger charge is -2.18. The molecule has 0 aliphatic heterocycles. The molecule has 2 aromatic rings. The number of fused-ring (bicyclic) bond motifs is 1. The molecule has 110 valence electrons. The Morgan fingerprint density at radius 1 is 1.48 bits per heavy atom. The van der Waals surface area contributed by atoms with Crippen LogP contribution in [-0.2, 0) is 7.05 Å². The van der Waals surface area contributed by atoms with Gasteiger partial charge in [-0.05, 0) is 43.0 Å². The van der Waals surface area contributed by atoms with E-state index in [0.29, 0.717) is 13.0 Å². The molecule has 0 radical (unpaired) electrons. The summed E-state index contributed by atoms with van der Waals surface area (Å²) in [7, 11) is 3.75. The van der Waals surface area contributed by atoms with Crippen LogP contribution >= 0.6 is 0 Å². The van der Waals surface area contributed by atoms with Gasteiger partial charge in [-0.1, -0.05) is 0 Å². The smallest absolute Gasteiger partial charge is 0.128 e. The Morgan fingerprint density at radius 3 is 3.14 bits per heavy atom. The number of benzene rings is 1. The zero-order valence-electron chi connectivity index (χ0n) is 12.1. The molecule has 0 saturated heterocycles. The van der Waals surface area contributed by atoms with Crippen molar-refractivity contribution in [2.75, 3.05) is 13.6 Å². The van der Waals surface area contributed by atoms with Gasteiger partial charge in [-0.2, -0.15) is 5.10 Å². The second-order valence-corrected chi connectivity index (χ2v) is 5.17. The summed E-state index contributed by atoms with van der Waals surface area (Å²) < 4.78 is 21.2. The van der Waals surface area contributed by atoms with Gasteiger partial charge >= 0.3 is 0 Å². The molecule has 0 saturated carbocycles. The molecule has 0 fully saturated rings. The minimum Gasteiger partial charge on any atom is -0.457 e. The molecule has 0 spiro atoms. The van der Waals surface area contributed by atoms with Crippen LogP contribution < -0.4 is 10.1 Å². The van der Waals surface area contributed by atoms with Gasteiger partial charge in [0, 0.05) is 25.4 Å². The van der Waals surface area contributed by atoms with Gasteiger partial charge in [0.15, 0.2) is 0 Å². The zero-order chi connectivity index (χ0) is 14.8. The second kappa shape index (κ2) is 5.69. The molecule has 0 bridgehead atoms. The highest BCUT2D eigenvalue weighted by Crippen LogP contribution is 2.26. The third-order valence-electron chi connectivity index (χ3n) is 3.58. The van der Waals surface area contributed by atoms with Crippen molar-refractivity contribution in [1.29, 1.82) is 0 Å². The van der Waals surface area contributed by atoms with E-state index in [1.807, 2.05) is 37.0 Å². The molecule has 3 rings (SSSR count). The molecule has 0 amide bonds. The highest BCUT2D eigenvalue weighted by molar-refractivity contribution is 5.80. The predicted octanol–water partition coefficient (Wildman–Crippen LogP) is 2.72. The molecule has 21 heavy (non-hydrogen) atoms. The summed E-state index contributed by atoms with van der Waals surface area (Å²) in [5.74, 6) is 1.46. The number of allylic oxidation sites excluding steroid dienone is 2. The normalized spacial score (nSPS) is 18.5. The Kier molecular flexibility index (Phi) is 3.75. The minimum absolute atomic E-state index is 0.377. The van der Waals surface area contributed by atoms with Crippen LogP contribution in [0, 0.1) is 0 Å². The van der Waals surface area contributed by atoms with Crippen LogP contribution in [0.15, 0.2) is 47.9 Å². The lowest BCUT2D eigenvalue weighted by Crippen LogP contribution is -2.18. The van der Waals surface area contributed by atoms with Crippen LogP contribution in [0.5, 0.6) is 5.75 Å². The van der Waals surface area contributed by atoms with Crippen LogP contribution in [0.2, 0.25) is 0 Å². The molecule has 1 aliphatic rings. The van der Waals surface area contributed by atoms with E-state index in [9.17, 15) is 4.39 Å². The number of nitrogens with one attached hydrogen (secondary N) is 1. The average molecular weight is 287 g/mol. The average Bonchev–Trinajstić information content (AvgIpc) is 2.83. The Balaban J connectivity index is 1.89. The van der Waals surface area contributed by atoms with Crippen molar-refractivity contribution in [2.24, 2.45) is 7.05 Å². The molecule has 5 heteroatoms. The van der Waals surface area contributed by atoms with Gasteiger partial charge in [-0.25, -0.2) is 4.39 Å². The Labute approximate surface area is 122 Å². The number of halogens is 1. The van der Waals surface area contributed by atoms with Crippen molar-refractivity contribution in [3.8, 4) is 5.75 Å². The van der Waals surface area contributed by atoms with E-state index in [2.05, 4.69) is 10.4 Å². The fraction of sp³-hybridized carbons (Fsp3) is 0.312.